The van der Waals surface area contributed by atoms with Gasteiger partial charge in [0.1, 0.15) is 4.21 Å². The van der Waals surface area contributed by atoms with Crippen LogP contribution in [0.5, 0.6) is 0 Å². The van der Waals surface area contributed by atoms with Gasteiger partial charge in [-0.1, -0.05) is 24.3 Å². The summed E-state index contributed by atoms with van der Waals surface area (Å²) in [5, 5.41) is 4.54. The number of nitrogens with zero attached hydrogens (tertiary/aromatic N) is 1. The van der Waals surface area contributed by atoms with Gasteiger partial charge in [-0.15, -0.1) is 11.3 Å². The van der Waals surface area contributed by atoms with E-state index in [0.717, 1.165) is 36.3 Å². The maximum atomic E-state index is 12.8. The van der Waals surface area contributed by atoms with Gasteiger partial charge >= 0.3 is 0 Å². The summed E-state index contributed by atoms with van der Waals surface area (Å²) in [5.41, 5.74) is 2.19. The van der Waals surface area contributed by atoms with Crippen molar-refractivity contribution in [2.24, 2.45) is 0 Å². The lowest BCUT2D eigenvalue weighted by Gasteiger charge is -2.26. The molecule has 0 spiro atoms. The quantitative estimate of drug-likeness (QED) is 0.539. The molecule has 2 aromatic carbocycles. The number of hydrogen-bond donors (Lipinski definition) is 2. The molecule has 1 aliphatic rings. The van der Waals surface area contributed by atoms with Crippen molar-refractivity contribution in [3.8, 4) is 0 Å². The number of carbonyl (C=O) groups excluding carboxylic acids is 2. The predicted octanol–water partition coefficient (Wildman–Crippen LogP) is 4.31. The van der Waals surface area contributed by atoms with Crippen LogP contribution in [-0.4, -0.2) is 31.7 Å². The predicted molar refractivity (Wildman–Crippen MR) is 125 cm³/mol. The van der Waals surface area contributed by atoms with Crippen molar-refractivity contribution in [3.05, 3.63) is 77.2 Å². The van der Waals surface area contributed by atoms with E-state index in [1.165, 1.54) is 12.1 Å². The molecule has 32 heavy (non-hydrogen) atoms. The van der Waals surface area contributed by atoms with Gasteiger partial charge in [-0.2, -0.15) is 0 Å². The van der Waals surface area contributed by atoms with E-state index in [9.17, 15) is 18.0 Å². The van der Waals surface area contributed by atoms with Crippen LogP contribution in [0.1, 0.15) is 35.2 Å². The van der Waals surface area contributed by atoms with E-state index in [2.05, 4.69) is 10.0 Å². The number of sulfonamides is 1. The van der Waals surface area contributed by atoms with Crippen LogP contribution in [0.3, 0.4) is 0 Å². The second-order valence-electron chi connectivity index (χ2n) is 7.55. The van der Waals surface area contributed by atoms with E-state index in [0.29, 0.717) is 29.9 Å². The zero-order valence-electron chi connectivity index (χ0n) is 17.3. The molecule has 0 aliphatic carbocycles. The molecule has 2 N–H and O–H groups in total. The topological polar surface area (TPSA) is 95.6 Å². The van der Waals surface area contributed by atoms with Crippen LogP contribution in [-0.2, 0) is 21.4 Å². The third kappa shape index (κ3) is 5.35. The summed E-state index contributed by atoms with van der Waals surface area (Å²) in [7, 11) is -3.69. The molecular formula is C23H23N3O4S2. The molecule has 0 bridgehead atoms. The maximum Gasteiger partial charge on any atom is 0.271 e. The number of likely N-dealkylation sites (tertiary alicyclic amines) is 1. The molecule has 7 nitrogen and oxygen atoms in total. The Morgan fingerprint density at radius 1 is 1.00 bits per heavy atom. The zero-order valence-corrected chi connectivity index (χ0v) is 18.9. The Hall–Kier alpha value is -3.17. The molecule has 0 atom stereocenters. The first-order chi connectivity index (χ1) is 15.4. The Kier molecular flexibility index (Phi) is 6.57. The lowest BCUT2D eigenvalue weighted by atomic mass is 10.1. The summed E-state index contributed by atoms with van der Waals surface area (Å²) in [4.78, 5) is 26.7. The molecule has 0 saturated carbocycles. The second kappa shape index (κ2) is 9.54. The molecule has 1 saturated heterocycles. The molecule has 3 aromatic rings. The van der Waals surface area contributed by atoms with E-state index in [1.807, 2.05) is 23.1 Å². The molecule has 9 heteroatoms. The third-order valence-corrected chi connectivity index (χ3v) is 7.90. The number of piperidine rings is 1. The highest BCUT2D eigenvalue weighted by atomic mass is 32.2. The Morgan fingerprint density at radius 3 is 2.59 bits per heavy atom. The average Bonchev–Trinajstić information content (AvgIpc) is 3.32. The van der Waals surface area contributed by atoms with Crippen LogP contribution in [0.25, 0.3) is 0 Å². The summed E-state index contributed by atoms with van der Waals surface area (Å²) in [6.07, 6.45) is 2.53. The summed E-state index contributed by atoms with van der Waals surface area (Å²) in [6, 6.07) is 16.9. The third-order valence-electron chi connectivity index (χ3n) is 5.12. The average molecular weight is 470 g/mol. The fourth-order valence-electron chi connectivity index (χ4n) is 3.55. The number of anilines is 2. The summed E-state index contributed by atoms with van der Waals surface area (Å²) in [6.45, 7) is 1.27. The van der Waals surface area contributed by atoms with E-state index < -0.39 is 10.0 Å². The highest BCUT2D eigenvalue weighted by Gasteiger charge is 2.19. The van der Waals surface area contributed by atoms with Crippen molar-refractivity contribution in [1.29, 1.82) is 0 Å². The lowest BCUT2D eigenvalue weighted by molar-refractivity contribution is -0.133. The molecular weight excluding hydrogens is 446 g/mol. The molecule has 2 heterocycles. The Labute approximate surface area is 191 Å². The van der Waals surface area contributed by atoms with Gasteiger partial charge in [0.25, 0.3) is 15.9 Å². The number of rotatable bonds is 7. The van der Waals surface area contributed by atoms with Crippen LogP contribution in [0.15, 0.2) is 70.3 Å². The fraction of sp³-hybridized carbons (Fsp3) is 0.217. The van der Waals surface area contributed by atoms with E-state index >= 15 is 0 Å². The number of nitrogens with one attached hydrogen (secondary N) is 2. The summed E-state index contributed by atoms with van der Waals surface area (Å²) in [5.74, 6) is -0.194. The van der Waals surface area contributed by atoms with E-state index in [-0.39, 0.29) is 16.0 Å². The first-order valence-electron chi connectivity index (χ1n) is 10.3. The van der Waals surface area contributed by atoms with E-state index in [1.54, 1.807) is 35.7 Å². The number of benzene rings is 2. The van der Waals surface area contributed by atoms with Gasteiger partial charge < -0.3 is 10.2 Å². The van der Waals surface area contributed by atoms with Gasteiger partial charge in [0.2, 0.25) is 5.91 Å². The molecule has 0 radical (unpaired) electrons. The molecule has 2 amide bonds. The molecule has 0 unspecified atom stereocenters. The number of thiophene rings is 1. The van der Waals surface area contributed by atoms with Crippen LogP contribution in [0, 0.1) is 0 Å². The molecule has 1 aliphatic heterocycles. The minimum Gasteiger partial charge on any atom is -0.338 e. The van der Waals surface area contributed by atoms with Crippen molar-refractivity contribution in [3.63, 3.8) is 0 Å². The minimum atomic E-state index is -3.69. The van der Waals surface area contributed by atoms with E-state index in [4.69, 9.17) is 0 Å². The maximum absolute atomic E-state index is 12.8. The normalized spacial score (nSPS) is 14.2. The first-order valence-corrected chi connectivity index (χ1v) is 12.6. The monoisotopic (exact) mass is 469 g/mol. The van der Waals surface area contributed by atoms with Crippen LogP contribution in [0.4, 0.5) is 11.4 Å². The fourth-order valence-corrected chi connectivity index (χ4v) is 5.59. The lowest BCUT2D eigenvalue weighted by Crippen LogP contribution is -2.34. The second-order valence-corrected chi connectivity index (χ2v) is 10.4. The molecule has 4 rings (SSSR count). The highest BCUT2D eigenvalue weighted by molar-refractivity contribution is 7.94. The minimum absolute atomic E-state index is 0.160. The number of carbonyl (C=O) groups is 2. The number of hydrogen-bond acceptors (Lipinski definition) is 5. The van der Waals surface area contributed by atoms with Gasteiger partial charge in [0, 0.05) is 36.4 Å². The Bertz CT molecular complexity index is 1220. The first kappa shape index (κ1) is 22.0. The zero-order chi connectivity index (χ0) is 22.6. The van der Waals surface area contributed by atoms with Gasteiger partial charge in [0.05, 0.1) is 0 Å². The van der Waals surface area contributed by atoms with Crippen molar-refractivity contribution in [2.75, 3.05) is 16.6 Å². The molecule has 166 valence electrons. The van der Waals surface area contributed by atoms with Gasteiger partial charge in [-0.05, 0) is 60.2 Å². The van der Waals surface area contributed by atoms with Crippen LogP contribution < -0.4 is 10.0 Å². The van der Waals surface area contributed by atoms with Gasteiger partial charge in [-0.3, -0.25) is 14.3 Å². The Morgan fingerprint density at radius 2 is 1.81 bits per heavy atom. The van der Waals surface area contributed by atoms with Crippen molar-refractivity contribution in [2.45, 2.75) is 30.0 Å². The largest absolute Gasteiger partial charge is 0.338 e. The van der Waals surface area contributed by atoms with Gasteiger partial charge in [0.15, 0.2) is 0 Å². The smallest absolute Gasteiger partial charge is 0.271 e. The molecule has 1 aromatic heterocycles. The van der Waals surface area contributed by atoms with Crippen molar-refractivity contribution >= 4 is 44.5 Å². The SMILES string of the molecule is O=C(Nc1cccc(CN2CCCCC2=O)c1)c1cccc(NS(=O)(=O)c2cccs2)c1. The standard InChI is InChI=1S/C23H23N3O4S2/c27-21-10-1-2-12-26(21)16-17-6-3-8-19(14-17)24-23(28)18-7-4-9-20(15-18)25-32(29,30)22-11-5-13-31-22/h3-9,11,13-15,25H,1-2,10,12,16H2,(H,24,28). The molecule has 1 fully saturated rings. The summed E-state index contributed by atoms with van der Waals surface area (Å²) < 4.78 is 27.6. The Balaban J connectivity index is 1.44. The van der Waals surface area contributed by atoms with Crippen LogP contribution >= 0.6 is 11.3 Å². The number of amides is 2. The van der Waals surface area contributed by atoms with Crippen molar-refractivity contribution < 1.29 is 18.0 Å². The van der Waals surface area contributed by atoms with Crippen LogP contribution in [0.2, 0.25) is 0 Å². The highest BCUT2D eigenvalue weighted by Crippen LogP contribution is 2.22. The van der Waals surface area contributed by atoms with Crippen molar-refractivity contribution in [1.82, 2.24) is 4.90 Å². The van der Waals surface area contributed by atoms with Gasteiger partial charge in [-0.25, -0.2) is 8.42 Å². The summed E-state index contributed by atoms with van der Waals surface area (Å²) >= 11 is 1.12.